The van der Waals surface area contributed by atoms with Crippen molar-refractivity contribution in [3.8, 4) is 6.07 Å². The van der Waals surface area contributed by atoms with Crippen LogP contribution in [-0.2, 0) is 18.9 Å². The van der Waals surface area contributed by atoms with E-state index < -0.39 is 0 Å². The first-order valence-corrected chi connectivity index (χ1v) is 7.65. The van der Waals surface area contributed by atoms with Gasteiger partial charge in [0.2, 0.25) is 0 Å². The third kappa shape index (κ3) is 4.71. The van der Waals surface area contributed by atoms with Crippen LogP contribution in [0.5, 0.6) is 0 Å². The molecule has 0 aromatic rings. The summed E-state index contributed by atoms with van der Waals surface area (Å²) in [6, 6.07) is 2.35. The molecular weight excluding hydrogens is 258 g/mol. The Morgan fingerprint density at radius 2 is 1.80 bits per heavy atom. The van der Waals surface area contributed by atoms with Gasteiger partial charge in [-0.1, -0.05) is 0 Å². The van der Waals surface area contributed by atoms with E-state index in [1.807, 2.05) is 6.92 Å². The maximum absolute atomic E-state index is 8.90. The van der Waals surface area contributed by atoms with Gasteiger partial charge >= 0.3 is 0 Å². The smallest absolute Gasteiger partial charge is 0.160 e. The highest BCUT2D eigenvalue weighted by Crippen LogP contribution is 2.33. The number of nitrogens with zero attached hydrogens (tertiary/aromatic N) is 1. The van der Waals surface area contributed by atoms with E-state index in [4.69, 9.17) is 24.2 Å². The molecule has 0 bridgehead atoms. The summed E-state index contributed by atoms with van der Waals surface area (Å²) in [5.41, 5.74) is 0. The topological polar surface area (TPSA) is 60.7 Å². The van der Waals surface area contributed by atoms with Crippen LogP contribution < -0.4 is 0 Å². The minimum atomic E-state index is -0.110. The van der Waals surface area contributed by atoms with Crippen LogP contribution in [0.4, 0.5) is 0 Å². The Hall–Kier alpha value is -0.670. The third-order valence-corrected chi connectivity index (χ3v) is 4.02. The standard InChI is InChI=1S/C15H25NO4/c1-2-17-7-8-18-14-10-19-15(20-11-14)13-5-3-12(9-16)4-6-13/h12-15H,2-8,10-11H2,1H3. The lowest BCUT2D eigenvalue weighted by molar-refractivity contribution is -0.250. The summed E-state index contributed by atoms with van der Waals surface area (Å²) >= 11 is 0. The summed E-state index contributed by atoms with van der Waals surface area (Å²) in [7, 11) is 0. The largest absolute Gasteiger partial charge is 0.379 e. The molecule has 1 aliphatic carbocycles. The molecule has 2 rings (SSSR count). The highest BCUT2D eigenvalue weighted by atomic mass is 16.7. The van der Waals surface area contributed by atoms with Crippen molar-refractivity contribution in [3.63, 3.8) is 0 Å². The Labute approximate surface area is 121 Å². The Balaban J connectivity index is 1.61. The van der Waals surface area contributed by atoms with E-state index in [9.17, 15) is 0 Å². The van der Waals surface area contributed by atoms with E-state index >= 15 is 0 Å². The number of hydrogen-bond acceptors (Lipinski definition) is 5. The minimum Gasteiger partial charge on any atom is -0.379 e. The van der Waals surface area contributed by atoms with E-state index in [0.29, 0.717) is 39.0 Å². The van der Waals surface area contributed by atoms with Gasteiger partial charge in [0, 0.05) is 18.4 Å². The van der Waals surface area contributed by atoms with Crippen LogP contribution in [0.2, 0.25) is 0 Å². The monoisotopic (exact) mass is 283 g/mol. The van der Waals surface area contributed by atoms with Crippen LogP contribution >= 0.6 is 0 Å². The van der Waals surface area contributed by atoms with Crippen LogP contribution in [0.3, 0.4) is 0 Å². The highest BCUT2D eigenvalue weighted by Gasteiger charge is 2.32. The summed E-state index contributed by atoms with van der Waals surface area (Å²) in [6.45, 7) is 5.08. The fourth-order valence-electron chi connectivity index (χ4n) is 2.81. The van der Waals surface area contributed by atoms with Crippen LogP contribution in [0.1, 0.15) is 32.6 Å². The molecule has 2 fully saturated rings. The summed E-state index contributed by atoms with van der Waals surface area (Å²) < 4.78 is 22.4. The fourth-order valence-corrected chi connectivity index (χ4v) is 2.81. The van der Waals surface area contributed by atoms with Gasteiger partial charge in [0.05, 0.1) is 32.5 Å². The second-order valence-electron chi connectivity index (χ2n) is 5.47. The van der Waals surface area contributed by atoms with E-state index in [2.05, 4.69) is 6.07 Å². The first-order chi connectivity index (χ1) is 9.83. The van der Waals surface area contributed by atoms with Gasteiger partial charge in [-0.05, 0) is 32.6 Å². The summed E-state index contributed by atoms with van der Waals surface area (Å²) in [5, 5.41) is 8.90. The van der Waals surface area contributed by atoms with Crippen LogP contribution in [0, 0.1) is 23.2 Å². The lowest BCUT2D eigenvalue weighted by Crippen LogP contribution is -2.42. The number of hydrogen-bond donors (Lipinski definition) is 0. The zero-order valence-corrected chi connectivity index (χ0v) is 12.3. The summed E-state index contributed by atoms with van der Waals surface area (Å²) in [5.74, 6) is 0.661. The number of nitriles is 1. The number of ether oxygens (including phenoxy) is 4. The predicted octanol–water partition coefficient (Wildman–Crippen LogP) is 2.11. The molecule has 2 aliphatic rings. The van der Waals surface area contributed by atoms with E-state index in [-0.39, 0.29) is 18.3 Å². The van der Waals surface area contributed by atoms with Gasteiger partial charge in [-0.25, -0.2) is 0 Å². The summed E-state index contributed by atoms with van der Waals surface area (Å²) in [4.78, 5) is 0. The molecule has 5 nitrogen and oxygen atoms in total. The molecule has 114 valence electrons. The Morgan fingerprint density at radius 1 is 1.10 bits per heavy atom. The SMILES string of the molecule is CCOCCOC1COC(C2CCC(C#N)CC2)OC1. The van der Waals surface area contributed by atoms with Crippen molar-refractivity contribution in [3.05, 3.63) is 0 Å². The zero-order valence-electron chi connectivity index (χ0n) is 12.3. The third-order valence-electron chi connectivity index (χ3n) is 4.02. The Morgan fingerprint density at radius 3 is 2.40 bits per heavy atom. The van der Waals surface area contributed by atoms with Gasteiger partial charge in [0.15, 0.2) is 6.29 Å². The molecule has 0 N–H and O–H groups in total. The van der Waals surface area contributed by atoms with Crippen molar-refractivity contribution < 1.29 is 18.9 Å². The number of rotatable bonds is 6. The van der Waals surface area contributed by atoms with Crippen molar-refractivity contribution in [2.45, 2.75) is 45.0 Å². The van der Waals surface area contributed by atoms with Gasteiger partial charge in [0.1, 0.15) is 6.10 Å². The van der Waals surface area contributed by atoms with Gasteiger partial charge in [-0.2, -0.15) is 5.26 Å². The van der Waals surface area contributed by atoms with Crippen LogP contribution in [-0.4, -0.2) is 45.4 Å². The lowest BCUT2D eigenvalue weighted by atomic mass is 9.82. The molecule has 1 saturated heterocycles. The van der Waals surface area contributed by atoms with Gasteiger partial charge in [0.25, 0.3) is 0 Å². The summed E-state index contributed by atoms with van der Waals surface area (Å²) in [6.07, 6.45) is 3.90. The molecule has 0 radical (unpaired) electrons. The minimum absolute atomic E-state index is 0.0159. The van der Waals surface area contributed by atoms with Gasteiger partial charge in [-0.15, -0.1) is 0 Å². The lowest BCUT2D eigenvalue weighted by Gasteiger charge is -2.36. The molecule has 5 heteroatoms. The van der Waals surface area contributed by atoms with Crippen molar-refractivity contribution in [2.75, 3.05) is 33.0 Å². The van der Waals surface area contributed by atoms with E-state index in [0.717, 1.165) is 25.7 Å². The van der Waals surface area contributed by atoms with E-state index in [1.54, 1.807) is 0 Å². The molecule has 1 heterocycles. The highest BCUT2D eigenvalue weighted by molar-refractivity contribution is 4.88. The maximum Gasteiger partial charge on any atom is 0.160 e. The molecule has 0 spiro atoms. The van der Waals surface area contributed by atoms with Crippen LogP contribution in [0.15, 0.2) is 0 Å². The van der Waals surface area contributed by atoms with Crippen molar-refractivity contribution in [1.29, 1.82) is 5.26 Å². The molecule has 0 atom stereocenters. The molecule has 0 aromatic carbocycles. The Kier molecular flexibility index (Phi) is 6.74. The van der Waals surface area contributed by atoms with Gasteiger partial charge in [-0.3, -0.25) is 0 Å². The molecule has 0 unspecified atom stereocenters. The molecule has 1 saturated carbocycles. The Bertz CT molecular complexity index is 301. The first-order valence-electron chi connectivity index (χ1n) is 7.65. The zero-order chi connectivity index (χ0) is 14.2. The van der Waals surface area contributed by atoms with Crippen molar-refractivity contribution in [1.82, 2.24) is 0 Å². The fraction of sp³-hybridized carbons (Fsp3) is 0.933. The average Bonchev–Trinajstić information content (AvgIpc) is 2.52. The average molecular weight is 283 g/mol. The van der Waals surface area contributed by atoms with Crippen molar-refractivity contribution in [2.24, 2.45) is 11.8 Å². The molecule has 0 amide bonds. The maximum atomic E-state index is 8.90. The second kappa shape index (κ2) is 8.58. The van der Waals surface area contributed by atoms with Crippen LogP contribution in [0.25, 0.3) is 0 Å². The van der Waals surface area contributed by atoms with Crippen molar-refractivity contribution >= 4 is 0 Å². The predicted molar refractivity (Wildman–Crippen MR) is 73.0 cm³/mol. The first kappa shape index (κ1) is 15.7. The molecule has 0 aromatic heterocycles. The molecule has 1 aliphatic heterocycles. The molecule has 20 heavy (non-hydrogen) atoms. The molecular formula is C15H25NO4. The quantitative estimate of drug-likeness (QED) is 0.699. The second-order valence-corrected chi connectivity index (χ2v) is 5.47. The van der Waals surface area contributed by atoms with E-state index in [1.165, 1.54) is 0 Å². The van der Waals surface area contributed by atoms with Gasteiger partial charge < -0.3 is 18.9 Å². The normalized spacial score (nSPS) is 34.6.